The molecule has 0 radical (unpaired) electrons. The first kappa shape index (κ1) is 15.6. The Kier molecular flexibility index (Phi) is 4.71. The van der Waals surface area contributed by atoms with Gasteiger partial charge in [0, 0.05) is 18.0 Å². The van der Waals surface area contributed by atoms with Crippen molar-refractivity contribution in [2.75, 3.05) is 5.73 Å². The van der Waals surface area contributed by atoms with Gasteiger partial charge < -0.3 is 10.3 Å². The van der Waals surface area contributed by atoms with E-state index in [9.17, 15) is 0 Å². The minimum Gasteiger partial charge on any atom is -0.383 e. The number of hydrogen-bond acceptors (Lipinski definition) is 2. The summed E-state index contributed by atoms with van der Waals surface area (Å²) in [7, 11) is 0. The SMILES string of the molecule is CCn1c(C(C)C)nc(-c2ccc(CC(C)C)cc2)c1N. The minimum absolute atomic E-state index is 0.376. The second-order valence-corrected chi connectivity index (χ2v) is 6.40. The van der Waals surface area contributed by atoms with Crippen molar-refractivity contribution >= 4 is 5.82 Å². The van der Waals surface area contributed by atoms with Crippen LogP contribution in [0.25, 0.3) is 11.3 Å². The second-order valence-electron chi connectivity index (χ2n) is 6.40. The molecular formula is C18H27N3. The van der Waals surface area contributed by atoms with Crippen molar-refractivity contribution in [3.63, 3.8) is 0 Å². The Labute approximate surface area is 128 Å². The highest BCUT2D eigenvalue weighted by atomic mass is 15.1. The third-order valence-corrected chi connectivity index (χ3v) is 3.74. The molecule has 2 aromatic rings. The van der Waals surface area contributed by atoms with Gasteiger partial charge in [-0.15, -0.1) is 0 Å². The summed E-state index contributed by atoms with van der Waals surface area (Å²) < 4.78 is 2.11. The summed E-state index contributed by atoms with van der Waals surface area (Å²) in [5.74, 6) is 2.89. The van der Waals surface area contributed by atoms with Gasteiger partial charge in [0.15, 0.2) is 0 Å². The molecule has 21 heavy (non-hydrogen) atoms. The summed E-state index contributed by atoms with van der Waals surface area (Å²) in [5, 5.41) is 0. The first-order valence-electron chi connectivity index (χ1n) is 7.89. The van der Waals surface area contributed by atoms with Gasteiger partial charge in [0.1, 0.15) is 17.3 Å². The zero-order chi connectivity index (χ0) is 15.6. The van der Waals surface area contributed by atoms with Crippen molar-refractivity contribution in [3.05, 3.63) is 35.7 Å². The number of nitrogens with two attached hydrogens (primary N) is 1. The molecule has 0 atom stereocenters. The van der Waals surface area contributed by atoms with Gasteiger partial charge in [-0.25, -0.2) is 4.98 Å². The highest BCUT2D eigenvalue weighted by Crippen LogP contribution is 2.29. The summed E-state index contributed by atoms with van der Waals surface area (Å²) in [6, 6.07) is 8.66. The molecule has 2 rings (SSSR count). The van der Waals surface area contributed by atoms with Crippen LogP contribution in [-0.2, 0) is 13.0 Å². The maximum Gasteiger partial charge on any atom is 0.131 e. The molecule has 0 unspecified atom stereocenters. The zero-order valence-corrected chi connectivity index (χ0v) is 13.9. The van der Waals surface area contributed by atoms with Gasteiger partial charge in [0.05, 0.1) is 0 Å². The standard InChI is InChI=1S/C18H27N3/c1-6-21-17(19)16(20-18(21)13(4)5)15-9-7-14(8-10-15)11-12(2)3/h7-10,12-13H,6,11,19H2,1-5H3. The smallest absolute Gasteiger partial charge is 0.131 e. The highest BCUT2D eigenvalue weighted by molar-refractivity contribution is 5.71. The normalized spacial score (nSPS) is 11.6. The molecule has 3 nitrogen and oxygen atoms in total. The molecule has 0 spiro atoms. The lowest BCUT2D eigenvalue weighted by Gasteiger charge is -2.08. The molecule has 0 saturated carbocycles. The van der Waals surface area contributed by atoms with E-state index in [4.69, 9.17) is 10.7 Å². The molecule has 0 saturated heterocycles. The largest absolute Gasteiger partial charge is 0.383 e. The van der Waals surface area contributed by atoms with Crippen LogP contribution >= 0.6 is 0 Å². The summed E-state index contributed by atoms with van der Waals surface area (Å²) in [5.41, 5.74) is 9.69. The van der Waals surface area contributed by atoms with E-state index in [0.29, 0.717) is 11.8 Å². The number of nitrogen functional groups attached to an aromatic ring is 1. The Morgan fingerprint density at radius 1 is 1.10 bits per heavy atom. The van der Waals surface area contributed by atoms with Gasteiger partial charge in [-0.2, -0.15) is 0 Å². The van der Waals surface area contributed by atoms with Crippen LogP contribution in [0.3, 0.4) is 0 Å². The number of benzene rings is 1. The van der Waals surface area contributed by atoms with Crippen LogP contribution in [0.2, 0.25) is 0 Å². The molecule has 0 bridgehead atoms. The van der Waals surface area contributed by atoms with Crippen molar-refractivity contribution in [2.24, 2.45) is 5.92 Å². The van der Waals surface area contributed by atoms with Crippen molar-refractivity contribution in [1.82, 2.24) is 9.55 Å². The van der Waals surface area contributed by atoms with Crippen LogP contribution in [0.5, 0.6) is 0 Å². The first-order chi connectivity index (χ1) is 9.93. The molecule has 0 aliphatic heterocycles. The Morgan fingerprint density at radius 3 is 2.14 bits per heavy atom. The van der Waals surface area contributed by atoms with Crippen molar-refractivity contribution in [3.8, 4) is 11.3 Å². The van der Waals surface area contributed by atoms with Crippen LogP contribution in [-0.4, -0.2) is 9.55 Å². The molecular weight excluding hydrogens is 258 g/mol. The number of anilines is 1. The predicted octanol–water partition coefficient (Wildman–Crippen LogP) is 4.47. The fourth-order valence-corrected chi connectivity index (χ4v) is 2.74. The van der Waals surface area contributed by atoms with E-state index in [-0.39, 0.29) is 0 Å². The molecule has 3 heteroatoms. The lowest BCUT2D eigenvalue weighted by atomic mass is 10.0. The maximum absolute atomic E-state index is 6.30. The quantitative estimate of drug-likeness (QED) is 0.880. The number of hydrogen-bond donors (Lipinski definition) is 1. The van der Waals surface area contributed by atoms with Gasteiger partial charge in [-0.05, 0) is 24.8 Å². The molecule has 0 amide bonds. The van der Waals surface area contributed by atoms with Crippen LogP contribution in [0, 0.1) is 5.92 Å². The Hall–Kier alpha value is -1.77. The number of nitrogens with zero attached hydrogens (tertiary/aromatic N) is 2. The fourth-order valence-electron chi connectivity index (χ4n) is 2.74. The molecule has 0 aliphatic rings. The predicted molar refractivity (Wildman–Crippen MR) is 90.4 cm³/mol. The Balaban J connectivity index is 2.38. The molecule has 1 heterocycles. The zero-order valence-electron chi connectivity index (χ0n) is 13.9. The Morgan fingerprint density at radius 2 is 1.71 bits per heavy atom. The van der Waals surface area contributed by atoms with Gasteiger partial charge in [-0.1, -0.05) is 52.0 Å². The van der Waals surface area contributed by atoms with E-state index in [0.717, 1.165) is 35.9 Å². The van der Waals surface area contributed by atoms with E-state index in [1.807, 2.05) is 0 Å². The lowest BCUT2D eigenvalue weighted by Crippen LogP contribution is -2.06. The summed E-state index contributed by atoms with van der Waals surface area (Å²) in [6.45, 7) is 11.8. The summed E-state index contributed by atoms with van der Waals surface area (Å²) >= 11 is 0. The first-order valence-corrected chi connectivity index (χ1v) is 7.89. The molecule has 0 aliphatic carbocycles. The maximum atomic E-state index is 6.30. The number of rotatable bonds is 5. The van der Waals surface area contributed by atoms with Crippen LogP contribution in [0.15, 0.2) is 24.3 Å². The average Bonchev–Trinajstić information content (AvgIpc) is 2.76. The highest BCUT2D eigenvalue weighted by Gasteiger charge is 2.17. The van der Waals surface area contributed by atoms with Crippen molar-refractivity contribution < 1.29 is 0 Å². The third kappa shape index (κ3) is 3.29. The monoisotopic (exact) mass is 285 g/mol. The number of imidazole rings is 1. The minimum atomic E-state index is 0.376. The summed E-state index contributed by atoms with van der Waals surface area (Å²) in [6.07, 6.45) is 1.11. The second kappa shape index (κ2) is 6.33. The van der Waals surface area contributed by atoms with E-state index in [1.54, 1.807) is 0 Å². The third-order valence-electron chi connectivity index (χ3n) is 3.74. The van der Waals surface area contributed by atoms with E-state index in [2.05, 4.69) is 63.5 Å². The topological polar surface area (TPSA) is 43.8 Å². The van der Waals surface area contributed by atoms with Gasteiger partial charge >= 0.3 is 0 Å². The van der Waals surface area contributed by atoms with E-state index < -0.39 is 0 Å². The van der Waals surface area contributed by atoms with Gasteiger partial charge in [-0.3, -0.25) is 0 Å². The summed E-state index contributed by atoms with van der Waals surface area (Å²) in [4.78, 5) is 4.78. The van der Waals surface area contributed by atoms with Crippen LogP contribution in [0.4, 0.5) is 5.82 Å². The molecule has 0 fully saturated rings. The van der Waals surface area contributed by atoms with Crippen LogP contribution < -0.4 is 5.73 Å². The molecule has 2 N–H and O–H groups in total. The average molecular weight is 285 g/mol. The Bertz CT molecular complexity index is 592. The van der Waals surface area contributed by atoms with E-state index in [1.165, 1.54) is 5.56 Å². The van der Waals surface area contributed by atoms with Crippen molar-refractivity contribution in [2.45, 2.75) is 53.5 Å². The molecule has 1 aromatic heterocycles. The van der Waals surface area contributed by atoms with Crippen LogP contribution in [0.1, 0.15) is 51.9 Å². The molecule has 114 valence electrons. The van der Waals surface area contributed by atoms with Gasteiger partial charge in [0.25, 0.3) is 0 Å². The van der Waals surface area contributed by atoms with Crippen molar-refractivity contribution in [1.29, 1.82) is 0 Å². The van der Waals surface area contributed by atoms with Gasteiger partial charge in [0.2, 0.25) is 0 Å². The lowest BCUT2D eigenvalue weighted by molar-refractivity contribution is 0.647. The fraction of sp³-hybridized carbons (Fsp3) is 0.500. The number of aromatic nitrogens is 2. The van der Waals surface area contributed by atoms with E-state index >= 15 is 0 Å². The molecule has 1 aromatic carbocycles.